The maximum Gasteiger partial charge on any atom is 0.250 e. The maximum atomic E-state index is 14.3. The van der Waals surface area contributed by atoms with Crippen molar-refractivity contribution in [1.82, 2.24) is 14.8 Å². The quantitative estimate of drug-likeness (QED) is 0.232. The number of aromatic nitrogens is 1. The van der Waals surface area contributed by atoms with E-state index in [0.717, 1.165) is 12.1 Å². The zero-order chi connectivity index (χ0) is 33.2. The molecule has 46 heavy (non-hydrogen) atoms. The van der Waals surface area contributed by atoms with Crippen LogP contribution in [0.25, 0.3) is 0 Å². The molecule has 12 heteroatoms. The molecule has 0 saturated carbocycles. The molecule has 2 bridgehead atoms. The van der Waals surface area contributed by atoms with Crippen LogP contribution in [0.3, 0.4) is 0 Å². The second-order valence-corrected chi connectivity index (χ2v) is 13.8. The standard InChI is InChI=1S/C34H37N3O8S/c1-16-29(41)27(18(3)38)31-28(30(16)42)34(4)24(45-31)12-23(39)26(32(34)43)17(2)35-21(9-10-46-5)33(44)36-13-19-11-20(15-36)22-7-6-8-25(40)37(22)14-19/h6-8,12,19-21,35,41-42H,9-11,13-15H2,1-5H3. The summed E-state index contributed by atoms with van der Waals surface area (Å²) in [6.07, 6.45) is 4.45. The van der Waals surface area contributed by atoms with Gasteiger partial charge in [-0.3, -0.25) is 24.0 Å². The van der Waals surface area contributed by atoms with Gasteiger partial charge in [0.2, 0.25) is 5.91 Å². The highest BCUT2D eigenvalue weighted by molar-refractivity contribution is 7.98. The minimum absolute atomic E-state index is 0.0105. The van der Waals surface area contributed by atoms with Crippen LogP contribution in [0.1, 0.15) is 66.7 Å². The first-order valence-electron chi connectivity index (χ1n) is 15.3. The number of Topliss-reactive ketones (excluding diaryl/α,β-unsaturated/α-hetero) is 2. The van der Waals surface area contributed by atoms with Gasteiger partial charge in [0.15, 0.2) is 17.3 Å². The van der Waals surface area contributed by atoms with Crippen LogP contribution < -0.4 is 15.6 Å². The second kappa shape index (κ2) is 11.5. The molecule has 1 aliphatic carbocycles. The molecule has 1 saturated heterocycles. The number of ketones is 3. The molecule has 2 aromatic rings. The number of phenols is 2. The SMILES string of the molecule is CSCCC(NC(C)=C1C(=O)C=C2Oc3c(C(C)=O)c(O)c(C)c(O)c3C2(C)C1=O)C(=O)N1CC2CC(C1)c1cccc(=O)n1C2. The molecule has 1 amide bonds. The average molecular weight is 648 g/mol. The van der Waals surface area contributed by atoms with E-state index in [0.29, 0.717) is 31.8 Å². The van der Waals surface area contributed by atoms with Crippen molar-refractivity contribution in [2.75, 3.05) is 25.1 Å². The number of rotatable bonds is 7. The van der Waals surface area contributed by atoms with Gasteiger partial charge in [-0.25, -0.2) is 0 Å². The molecule has 4 unspecified atom stereocenters. The topological polar surface area (TPSA) is 155 Å². The third-order valence-corrected chi connectivity index (χ3v) is 10.5. The predicted octanol–water partition coefficient (Wildman–Crippen LogP) is 3.09. The van der Waals surface area contributed by atoms with Gasteiger partial charge in [-0.15, -0.1) is 0 Å². The minimum atomic E-state index is -1.65. The highest BCUT2D eigenvalue weighted by Crippen LogP contribution is 2.57. The molecule has 242 valence electrons. The number of hydrogen-bond acceptors (Lipinski definition) is 10. The highest BCUT2D eigenvalue weighted by atomic mass is 32.2. The zero-order valence-electron chi connectivity index (χ0n) is 26.4. The molecule has 3 N–H and O–H groups in total. The van der Waals surface area contributed by atoms with E-state index >= 15 is 0 Å². The normalized spacial score (nSPS) is 24.7. The van der Waals surface area contributed by atoms with Gasteiger partial charge in [0, 0.05) is 54.6 Å². The van der Waals surface area contributed by atoms with Gasteiger partial charge >= 0.3 is 0 Å². The minimum Gasteiger partial charge on any atom is -0.507 e. The van der Waals surface area contributed by atoms with E-state index in [1.54, 1.807) is 30.8 Å². The van der Waals surface area contributed by atoms with Crippen molar-refractivity contribution < 1.29 is 34.1 Å². The van der Waals surface area contributed by atoms with Gasteiger partial charge in [-0.05, 0) is 64.5 Å². The summed E-state index contributed by atoms with van der Waals surface area (Å²) in [7, 11) is 0. The van der Waals surface area contributed by atoms with E-state index in [-0.39, 0.29) is 62.8 Å². The second-order valence-electron chi connectivity index (χ2n) is 12.8. The number of carbonyl (C=O) groups is 4. The fourth-order valence-electron chi connectivity index (χ4n) is 7.49. The Morgan fingerprint density at radius 1 is 1.13 bits per heavy atom. The molecule has 3 aliphatic heterocycles. The van der Waals surface area contributed by atoms with E-state index in [1.165, 1.54) is 26.8 Å². The Bertz CT molecular complexity index is 1840. The van der Waals surface area contributed by atoms with Crippen molar-refractivity contribution in [2.24, 2.45) is 5.92 Å². The van der Waals surface area contributed by atoms with Crippen molar-refractivity contribution in [3.63, 3.8) is 0 Å². The van der Waals surface area contributed by atoms with Crippen LogP contribution in [-0.4, -0.2) is 74.1 Å². The van der Waals surface area contributed by atoms with Gasteiger partial charge in [-0.2, -0.15) is 11.8 Å². The number of phenolic OH excluding ortho intramolecular Hbond substituents is 2. The Hall–Kier alpha value is -4.32. The summed E-state index contributed by atoms with van der Waals surface area (Å²) < 4.78 is 7.67. The highest BCUT2D eigenvalue weighted by Gasteiger charge is 2.56. The lowest BCUT2D eigenvalue weighted by Gasteiger charge is -2.43. The summed E-state index contributed by atoms with van der Waals surface area (Å²) in [5, 5.41) is 24.9. The fraction of sp³-hybridized carbons (Fsp3) is 0.441. The zero-order valence-corrected chi connectivity index (χ0v) is 27.2. The van der Waals surface area contributed by atoms with Crippen LogP contribution in [0, 0.1) is 12.8 Å². The molecule has 0 spiro atoms. The summed E-state index contributed by atoms with van der Waals surface area (Å²) in [4.78, 5) is 68.7. The van der Waals surface area contributed by atoms with Crippen LogP contribution in [0.5, 0.6) is 17.2 Å². The summed E-state index contributed by atoms with van der Waals surface area (Å²) in [5.74, 6) is -2.18. The maximum absolute atomic E-state index is 14.3. The Kier molecular flexibility index (Phi) is 7.90. The molecule has 1 fully saturated rings. The van der Waals surface area contributed by atoms with E-state index in [2.05, 4.69) is 5.32 Å². The number of piperidine rings is 1. The van der Waals surface area contributed by atoms with Crippen LogP contribution in [0.2, 0.25) is 0 Å². The van der Waals surface area contributed by atoms with Gasteiger partial charge in [0.1, 0.15) is 40.0 Å². The largest absolute Gasteiger partial charge is 0.507 e. The molecular formula is C34H37N3O8S. The summed E-state index contributed by atoms with van der Waals surface area (Å²) >= 11 is 1.58. The molecule has 1 aromatic heterocycles. The van der Waals surface area contributed by atoms with E-state index in [4.69, 9.17) is 4.74 Å². The predicted molar refractivity (Wildman–Crippen MR) is 171 cm³/mol. The molecule has 4 atom stereocenters. The van der Waals surface area contributed by atoms with Crippen LogP contribution in [0.15, 0.2) is 46.1 Å². The van der Waals surface area contributed by atoms with Crippen LogP contribution >= 0.6 is 11.8 Å². The number of hydrogen-bond donors (Lipinski definition) is 3. The number of allylic oxidation sites excluding steroid dienone is 4. The van der Waals surface area contributed by atoms with E-state index in [9.17, 15) is 34.2 Å². The number of benzene rings is 1. The number of nitrogens with zero attached hydrogens (tertiary/aromatic N) is 2. The number of thioether (sulfide) groups is 1. The van der Waals surface area contributed by atoms with E-state index in [1.807, 2.05) is 21.8 Å². The van der Waals surface area contributed by atoms with Crippen LogP contribution in [-0.2, 0) is 26.3 Å². The molecule has 1 aromatic carbocycles. The van der Waals surface area contributed by atoms with Crippen molar-refractivity contribution >= 4 is 35.0 Å². The first kappa shape index (κ1) is 31.7. The van der Waals surface area contributed by atoms with Gasteiger partial charge in [0.05, 0.1) is 11.1 Å². The number of pyridine rings is 1. The molecular weight excluding hydrogens is 610 g/mol. The van der Waals surface area contributed by atoms with Crippen molar-refractivity contribution in [3.05, 3.63) is 74.0 Å². The van der Waals surface area contributed by atoms with Crippen LogP contribution in [0.4, 0.5) is 0 Å². The first-order chi connectivity index (χ1) is 21.8. The Balaban J connectivity index is 1.33. The number of nitrogens with one attached hydrogen (secondary N) is 1. The molecule has 4 heterocycles. The van der Waals surface area contributed by atoms with Gasteiger partial charge in [0.25, 0.3) is 5.56 Å². The number of fused-ring (bicyclic) bond motifs is 7. The van der Waals surface area contributed by atoms with Crippen molar-refractivity contribution in [2.45, 2.75) is 64.5 Å². The lowest BCUT2D eigenvalue weighted by atomic mass is 9.70. The molecule has 4 aliphatic rings. The lowest BCUT2D eigenvalue weighted by molar-refractivity contribution is -0.136. The van der Waals surface area contributed by atoms with E-state index < -0.39 is 40.3 Å². The third-order valence-electron chi connectivity index (χ3n) is 9.85. The van der Waals surface area contributed by atoms with Gasteiger partial charge in [-0.1, -0.05) is 6.07 Å². The number of carbonyl (C=O) groups excluding carboxylic acids is 4. The number of aromatic hydroxyl groups is 2. The fourth-order valence-corrected chi connectivity index (χ4v) is 7.96. The number of ether oxygens (including phenoxy) is 1. The monoisotopic (exact) mass is 647 g/mol. The third kappa shape index (κ3) is 4.76. The number of likely N-dealkylation sites (tertiary alicyclic amines) is 1. The van der Waals surface area contributed by atoms with Gasteiger partial charge < -0.3 is 29.7 Å². The molecule has 6 rings (SSSR count). The molecule has 0 radical (unpaired) electrons. The summed E-state index contributed by atoms with van der Waals surface area (Å²) in [6.45, 7) is 7.28. The Morgan fingerprint density at radius 3 is 2.57 bits per heavy atom. The Morgan fingerprint density at radius 2 is 1.87 bits per heavy atom. The number of amides is 1. The van der Waals surface area contributed by atoms with Crippen molar-refractivity contribution in [3.8, 4) is 17.2 Å². The first-order valence-corrected chi connectivity index (χ1v) is 16.7. The smallest absolute Gasteiger partial charge is 0.250 e. The van der Waals surface area contributed by atoms with Crippen molar-refractivity contribution in [1.29, 1.82) is 0 Å². The molecule has 11 nitrogen and oxygen atoms in total. The summed E-state index contributed by atoms with van der Waals surface area (Å²) in [5.41, 5.74) is -0.862. The summed E-state index contributed by atoms with van der Waals surface area (Å²) in [6, 6.07) is 4.54. The Labute approximate surface area is 270 Å². The lowest BCUT2D eigenvalue weighted by Crippen LogP contribution is -2.54. The average Bonchev–Trinajstić information content (AvgIpc) is 3.30.